The Labute approximate surface area is 234 Å². The van der Waals surface area contributed by atoms with E-state index in [0.29, 0.717) is 17.3 Å². The van der Waals surface area contributed by atoms with Gasteiger partial charge in [-0.25, -0.2) is 8.42 Å². The molecule has 0 bridgehead atoms. The van der Waals surface area contributed by atoms with Crippen LogP contribution in [-0.2, 0) is 27.8 Å². The van der Waals surface area contributed by atoms with Crippen molar-refractivity contribution in [2.75, 3.05) is 10.8 Å². The second kappa shape index (κ2) is 10.9. The first-order valence-corrected chi connectivity index (χ1v) is 15.0. The van der Waals surface area contributed by atoms with Crippen LogP contribution in [0.15, 0.2) is 68.4 Å². The van der Waals surface area contributed by atoms with Gasteiger partial charge < -0.3 is 4.90 Å². The van der Waals surface area contributed by atoms with Crippen LogP contribution in [0.3, 0.4) is 0 Å². The van der Waals surface area contributed by atoms with Crippen LogP contribution in [0.25, 0.3) is 0 Å². The SMILES string of the molecule is Cc1cc(C)cc(N(CCC(=O)N2Cc3c(Br)ccc(Br)c3CC2C)S(=O)(=O)c2ccc(Cl)cc2)c1. The second-order valence-electron chi connectivity index (χ2n) is 9.19. The molecule has 9 heteroatoms. The highest BCUT2D eigenvalue weighted by atomic mass is 79.9. The Morgan fingerprint density at radius 3 is 2.19 bits per heavy atom. The number of sulfonamides is 1. The number of hydrogen-bond acceptors (Lipinski definition) is 3. The molecule has 190 valence electrons. The average molecular weight is 655 g/mol. The van der Waals surface area contributed by atoms with Crippen LogP contribution in [0.5, 0.6) is 0 Å². The minimum Gasteiger partial charge on any atom is -0.335 e. The molecule has 0 spiro atoms. The average Bonchev–Trinajstić information content (AvgIpc) is 2.81. The quantitative estimate of drug-likeness (QED) is 0.287. The number of fused-ring (bicyclic) bond motifs is 1. The predicted octanol–water partition coefficient (Wildman–Crippen LogP) is 7.04. The van der Waals surface area contributed by atoms with Crippen molar-refractivity contribution in [2.45, 2.75) is 51.1 Å². The molecule has 0 fully saturated rings. The number of carbonyl (C=O) groups is 1. The molecule has 1 atom stereocenters. The summed E-state index contributed by atoms with van der Waals surface area (Å²) in [6.07, 6.45) is 0.788. The molecule has 36 heavy (non-hydrogen) atoms. The van der Waals surface area contributed by atoms with Crippen LogP contribution < -0.4 is 4.31 Å². The van der Waals surface area contributed by atoms with Gasteiger partial charge >= 0.3 is 0 Å². The number of nitrogens with zero attached hydrogens (tertiary/aromatic N) is 2. The molecule has 1 unspecified atom stereocenters. The Bertz CT molecular complexity index is 1390. The Morgan fingerprint density at radius 1 is 1.00 bits per heavy atom. The monoisotopic (exact) mass is 652 g/mol. The zero-order valence-electron chi connectivity index (χ0n) is 20.3. The highest BCUT2D eigenvalue weighted by Crippen LogP contribution is 2.35. The number of rotatable bonds is 6. The van der Waals surface area contributed by atoms with E-state index in [1.807, 2.05) is 56.0 Å². The molecule has 0 aromatic heterocycles. The van der Waals surface area contributed by atoms with Crippen LogP contribution in [0.2, 0.25) is 5.02 Å². The minimum absolute atomic E-state index is 0.00173. The van der Waals surface area contributed by atoms with Crippen LogP contribution in [0, 0.1) is 13.8 Å². The normalized spacial score (nSPS) is 15.5. The van der Waals surface area contributed by atoms with Gasteiger partial charge in [0.2, 0.25) is 5.91 Å². The molecular weight excluding hydrogens is 628 g/mol. The number of halogens is 3. The summed E-state index contributed by atoms with van der Waals surface area (Å²) in [5, 5.41) is 0.458. The summed E-state index contributed by atoms with van der Waals surface area (Å²) in [6.45, 7) is 6.39. The number of aryl methyl sites for hydroxylation is 2. The Hall–Kier alpha value is -1.87. The Kier molecular flexibility index (Phi) is 8.19. The minimum atomic E-state index is -3.92. The van der Waals surface area contributed by atoms with E-state index in [1.54, 1.807) is 12.1 Å². The third-order valence-electron chi connectivity index (χ3n) is 6.42. The summed E-state index contributed by atoms with van der Waals surface area (Å²) >= 11 is 13.2. The van der Waals surface area contributed by atoms with Gasteiger partial charge in [-0.1, -0.05) is 49.5 Å². The van der Waals surface area contributed by atoms with E-state index in [0.717, 1.165) is 32.1 Å². The highest BCUT2D eigenvalue weighted by Gasteiger charge is 2.31. The van der Waals surface area contributed by atoms with Crippen molar-refractivity contribution in [3.05, 3.63) is 90.8 Å². The topological polar surface area (TPSA) is 57.7 Å². The molecule has 0 saturated heterocycles. The van der Waals surface area contributed by atoms with E-state index < -0.39 is 10.0 Å². The molecule has 1 heterocycles. The van der Waals surface area contributed by atoms with Crippen LogP contribution >= 0.6 is 43.5 Å². The fourth-order valence-corrected chi connectivity index (χ4v) is 7.26. The molecule has 1 amide bonds. The van der Waals surface area contributed by atoms with Gasteiger partial charge in [-0.3, -0.25) is 9.10 Å². The van der Waals surface area contributed by atoms with Crippen LogP contribution in [0.1, 0.15) is 35.6 Å². The lowest BCUT2D eigenvalue weighted by molar-refractivity contribution is -0.134. The van der Waals surface area contributed by atoms with E-state index in [9.17, 15) is 13.2 Å². The van der Waals surface area contributed by atoms with E-state index >= 15 is 0 Å². The summed E-state index contributed by atoms with van der Waals surface area (Å²) in [7, 11) is -3.92. The van der Waals surface area contributed by atoms with E-state index in [2.05, 4.69) is 31.9 Å². The largest absolute Gasteiger partial charge is 0.335 e. The number of anilines is 1. The molecule has 3 aromatic carbocycles. The summed E-state index contributed by atoms with van der Waals surface area (Å²) < 4.78 is 30.8. The molecule has 1 aliphatic heterocycles. The van der Waals surface area contributed by atoms with Gasteiger partial charge in [-0.05, 0) is 98.0 Å². The van der Waals surface area contributed by atoms with Gasteiger partial charge in [0.15, 0.2) is 0 Å². The number of hydrogen-bond donors (Lipinski definition) is 0. The lowest BCUT2D eigenvalue weighted by Gasteiger charge is -2.36. The van der Waals surface area contributed by atoms with Crippen LogP contribution in [-0.4, -0.2) is 31.8 Å². The van der Waals surface area contributed by atoms with Gasteiger partial charge in [0.1, 0.15) is 0 Å². The summed E-state index contributed by atoms with van der Waals surface area (Å²) in [5.74, 6) is -0.0827. The van der Waals surface area contributed by atoms with E-state index in [4.69, 9.17) is 11.6 Å². The molecule has 5 nitrogen and oxygen atoms in total. The Morgan fingerprint density at radius 2 is 1.58 bits per heavy atom. The first-order chi connectivity index (χ1) is 17.0. The maximum Gasteiger partial charge on any atom is 0.264 e. The highest BCUT2D eigenvalue weighted by molar-refractivity contribution is 9.11. The Balaban J connectivity index is 1.62. The first-order valence-electron chi connectivity index (χ1n) is 11.6. The summed E-state index contributed by atoms with van der Waals surface area (Å²) in [5.41, 5.74) is 4.71. The van der Waals surface area contributed by atoms with E-state index in [-0.39, 0.29) is 29.8 Å². The first kappa shape index (κ1) is 27.2. The third kappa shape index (κ3) is 5.67. The second-order valence-corrected chi connectivity index (χ2v) is 13.2. The molecule has 0 aliphatic carbocycles. The van der Waals surface area contributed by atoms with Crippen molar-refractivity contribution in [3.63, 3.8) is 0 Å². The smallest absolute Gasteiger partial charge is 0.264 e. The summed E-state index contributed by atoms with van der Waals surface area (Å²) in [6, 6.07) is 15.7. The molecule has 0 N–H and O–H groups in total. The zero-order valence-corrected chi connectivity index (χ0v) is 25.0. The fraction of sp³-hybridized carbons (Fsp3) is 0.296. The molecule has 3 aromatic rings. The predicted molar refractivity (Wildman–Crippen MR) is 152 cm³/mol. The van der Waals surface area contributed by atoms with Gasteiger partial charge in [0.25, 0.3) is 10.0 Å². The molecule has 0 radical (unpaired) electrons. The number of carbonyl (C=O) groups excluding carboxylic acids is 1. The fourth-order valence-electron chi connectivity index (χ4n) is 4.65. The van der Waals surface area contributed by atoms with Crippen molar-refractivity contribution < 1.29 is 13.2 Å². The van der Waals surface area contributed by atoms with Gasteiger partial charge in [-0.2, -0.15) is 0 Å². The van der Waals surface area contributed by atoms with E-state index in [1.165, 1.54) is 22.0 Å². The number of amides is 1. The van der Waals surface area contributed by atoms with Gasteiger partial charge in [0, 0.05) is 39.5 Å². The van der Waals surface area contributed by atoms with Gasteiger partial charge in [-0.15, -0.1) is 0 Å². The van der Waals surface area contributed by atoms with Crippen molar-refractivity contribution in [2.24, 2.45) is 0 Å². The third-order valence-corrected chi connectivity index (χ3v) is 10.0. The summed E-state index contributed by atoms with van der Waals surface area (Å²) in [4.78, 5) is 15.4. The van der Waals surface area contributed by atoms with Crippen molar-refractivity contribution in [1.82, 2.24) is 4.90 Å². The van der Waals surface area contributed by atoms with Crippen molar-refractivity contribution >= 4 is 65.1 Å². The van der Waals surface area contributed by atoms with Crippen molar-refractivity contribution in [3.8, 4) is 0 Å². The van der Waals surface area contributed by atoms with Crippen LogP contribution in [0.4, 0.5) is 5.69 Å². The van der Waals surface area contributed by atoms with Crippen molar-refractivity contribution in [1.29, 1.82) is 0 Å². The molecule has 0 saturated carbocycles. The maximum absolute atomic E-state index is 13.7. The zero-order chi connectivity index (χ0) is 26.2. The number of benzene rings is 3. The lowest BCUT2D eigenvalue weighted by atomic mass is 9.94. The molecule has 1 aliphatic rings. The molecular formula is C27H27Br2ClN2O3S. The van der Waals surface area contributed by atoms with Gasteiger partial charge in [0.05, 0.1) is 10.6 Å². The molecule has 4 rings (SSSR count). The maximum atomic E-state index is 13.7. The lowest BCUT2D eigenvalue weighted by Crippen LogP contribution is -2.44. The standard InChI is InChI=1S/C27H27Br2ClN2O3S/c1-17-12-18(2)14-21(13-17)32(36(34,35)22-6-4-20(30)5-7-22)11-10-27(33)31-16-24-23(15-19(31)3)25(28)8-9-26(24)29/h4-9,12-14,19H,10-11,15-16H2,1-3H3.